The van der Waals surface area contributed by atoms with Crippen molar-refractivity contribution in [2.45, 2.75) is 6.92 Å². The molecule has 0 fully saturated rings. The average molecular weight is 244 g/mol. The lowest BCUT2D eigenvalue weighted by molar-refractivity contribution is -0.395. The fraction of sp³-hybridized carbons (Fsp3) is 0.125. The molecule has 0 unspecified atom stereocenters. The molecule has 17 heavy (non-hydrogen) atoms. The molecule has 0 aliphatic carbocycles. The molecular formula is C8H5FN2O6. The molecule has 90 valence electrons. The summed E-state index contributed by atoms with van der Waals surface area (Å²) in [6.07, 6.45) is 0. The smallest absolute Gasteiger partial charge is 0.315 e. The van der Waals surface area contributed by atoms with Gasteiger partial charge >= 0.3 is 11.7 Å². The van der Waals surface area contributed by atoms with Crippen molar-refractivity contribution in [3.8, 4) is 5.75 Å². The summed E-state index contributed by atoms with van der Waals surface area (Å²) >= 11 is 0. The molecule has 0 radical (unpaired) electrons. The first kappa shape index (κ1) is 12.5. The summed E-state index contributed by atoms with van der Waals surface area (Å²) < 4.78 is 17.7. The number of carbonyl (C=O) groups excluding carboxylic acids is 1. The lowest BCUT2D eigenvalue weighted by Gasteiger charge is -2.03. The van der Waals surface area contributed by atoms with Gasteiger partial charge in [0, 0.05) is 6.92 Å². The van der Waals surface area contributed by atoms with Crippen LogP contribution in [0.5, 0.6) is 5.75 Å². The summed E-state index contributed by atoms with van der Waals surface area (Å²) in [5.74, 6) is -3.23. The number of benzene rings is 1. The number of nitrogens with zero attached hydrogens (tertiary/aromatic N) is 2. The summed E-state index contributed by atoms with van der Waals surface area (Å²) in [7, 11) is 0. The predicted octanol–water partition coefficient (Wildman–Crippen LogP) is 1.57. The Bertz CT molecular complexity index is 515. The predicted molar refractivity (Wildman–Crippen MR) is 51.0 cm³/mol. The zero-order chi connectivity index (χ0) is 13.2. The number of ether oxygens (including phenoxy) is 1. The maximum absolute atomic E-state index is 13.4. The Balaban J connectivity index is 3.42. The SMILES string of the molecule is CC(=O)Oc1cc([N+](=O)[O-])cc([N+](=O)[O-])c1F. The van der Waals surface area contributed by atoms with Crippen LogP contribution in [0.1, 0.15) is 6.92 Å². The first-order chi connectivity index (χ1) is 7.82. The van der Waals surface area contributed by atoms with Crippen LogP contribution in [0.4, 0.5) is 15.8 Å². The van der Waals surface area contributed by atoms with Crippen LogP contribution < -0.4 is 4.74 Å². The fourth-order valence-corrected chi connectivity index (χ4v) is 1.04. The number of halogens is 1. The molecule has 1 rings (SSSR count). The van der Waals surface area contributed by atoms with E-state index in [1.54, 1.807) is 0 Å². The highest BCUT2D eigenvalue weighted by Gasteiger charge is 2.26. The van der Waals surface area contributed by atoms with E-state index in [-0.39, 0.29) is 0 Å². The van der Waals surface area contributed by atoms with E-state index >= 15 is 0 Å². The maximum atomic E-state index is 13.4. The Morgan fingerprint density at radius 2 is 1.88 bits per heavy atom. The Labute approximate surface area is 92.9 Å². The third kappa shape index (κ3) is 2.71. The van der Waals surface area contributed by atoms with Gasteiger partial charge in [-0.1, -0.05) is 0 Å². The molecular weight excluding hydrogens is 239 g/mol. The lowest BCUT2D eigenvalue weighted by atomic mass is 10.2. The number of rotatable bonds is 3. The number of nitro groups is 2. The average Bonchev–Trinajstić information content (AvgIpc) is 2.19. The number of nitro benzene ring substituents is 2. The van der Waals surface area contributed by atoms with Gasteiger partial charge in [0.15, 0.2) is 5.75 Å². The van der Waals surface area contributed by atoms with Crippen LogP contribution in [-0.4, -0.2) is 15.8 Å². The standard InChI is InChI=1S/C8H5FN2O6/c1-4(12)17-7-3-5(10(13)14)2-6(8(7)9)11(15)16/h2-3H,1H3. The fourth-order valence-electron chi connectivity index (χ4n) is 1.04. The molecule has 0 N–H and O–H groups in total. The van der Waals surface area contributed by atoms with Gasteiger partial charge in [-0.05, 0) is 0 Å². The van der Waals surface area contributed by atoms with Gasteiger partial charge in [0.2, 0.25) is 5.82 Å². The molecule has 0 aliphatic heterocycles. The molecule has 9 heteroatoms. The third-order valence-corrected chi connectivity index (χ3v) is 1.67. The minimum absolute atomic E-state index is 0.447. The maximum Gasteiger partial charge on any atom is 0.315 e. The van der Waals surface area contributed by atoms with E-state index < -0.39 is 38.8 Å². The van der Waals surface area contributed by atoms with Crippen LogP contribution in [-0.2, 0) is 4.79 Å². The molecule has 0 aromatic heterocycles. The molecule has 1 aromatic carbocycles. The highest BCUT2D eigenvalue weighted by atomic mass is 19.1. The Morgan fingerprint density at radius 1 is 1.29 bits per heavy atom. The van der Waals surface area contributed by atoms with Gasteiger partial charge in [0.05, 0.1) is 22.0 Å². The molecule has 0 aliphatic rings. The summed E-state index contributed by atoms with van der Waals surface area (Å²) in [5, 5.41) is 20.9. The van der Waals surface area contributed by atoms with Crippen molar-refractivity contribution in [3.63, 3.8) is 0 Å². The van der Waals surface area contributed by atoms with Gasteiger partial charge in [0.1, 0.15) is 0 Å². The van der Waals surface area contributed by atoms with Crippen molar-refractivity contribution < 1.29 is 23.8 Å². The van der Waals surface area contributed by atoms with Crippen molar-refractivity contribution in [1.82, 2.24) is 0 Å². The van der Waals surface area contributed by atoms with E-state index in [0.717, 1.165) is 6.92 Å². The van der Waals surface area contributed by atoms with Crippen molar-refractivity contribution >= 4 is 17.3 Å². The molecule has 8 nitrogen and oxygen atoms in total. The first-order valence-corrected chi connectivity index (χ1v) is 4.13. The molecule has 1 aromatic rings. The Hall–Kier alpha value is -2.58. The van der Waals surface area contributed by atoms with Crippen LogP contribution in [0.15, 0.2) is 12.1 Å². The first-order valence-electron chi connectivity index (χ1n) is 4.13. The summed E-state index contributed by atoms with van der Waals surface area (Å²) in [6, 6.07) is 1.05. The number of hydrogen-bond acceptors (Lipinski definition) is 6. The van der Waals surface area contributed by atoms with E-state index in [0.29, 0.717) is 12.1 Å². The number of non-ortho nitro benzene ring substituents is 1. The molecule has 0 saturated carbocycles. The van der Waals surface area contributed by atoms with Gasteiger partial charge < -0.3 is 4.74 Å². The second-order valence-corrected chi connectivity index (χ2v) is 2.88. The summed E-state index contributed by atoms with van der Waals surface area (Å²) in [5.41, 5.74) is -1.87. The Morgan fingerprint density at radius 3 is 2.29 bits per heavy atom. The summed E-state index contributed by atoms with van der Waals surface area (Å²) in [6.45, 7) is 0.935. The van der Waals surface area contributed by atoms with E-state index in [1.165, 1.54) is 0 Å². The van der Waals surface area contributed by atoms with Gasteiger partial charge in [-0.15, -0.1) is 0 Å². The number of hydrogen-bond donors (Lipinski definition) is 0. The highest BCUT2D eigenvalue weighted by Crippen LogP contribution is 2.32. The van der Waals surface area contributed by atoms with Crippen molar-refractivity contribution in [2.24, 2.45) is 0 Å². The van der Waals surface area contributed by atoms with Crippen molar-refractivity contribution in [1.29, 1.82) is 0 Å². The monoisotopic (exact) mass is 244 g/mol. The van der Waals surface area contributed by atoms with Crippen molar-refractivity contribution in [2.75, 3.05) is 0 Å². The minimum atomic E-state index is -1.43. The van der Waals surface area contributed by atoms with Crippen molar-refractivity contribution in [3.05, 3.63) is 38.2 Å². The number of esters is 1. The van der Waals surface area contributed by atoms with E-state index in [1.807, 2.05) is 0 Å². The van der Waals surface area contributed by atoms with E-state index in [9.17, 15) is 29.4 Å². The van der Waals surface area contributed by atoms with Crippen LogP contribution in [0.3, 0.4) is 0 Å². The van der Waals surface area contributed by atoms with Crippen LogP contribution in [0.2, 0.25) is 0 Å². The van der Waals surface area contributed by atoms with Crippen LogP contribution in [0.25, 0.3) is 0 Å². The minimum Gasteiger partial charge on any atom is -0.423 e. The van der Waals surface area contributed by atoms with E-state index in [4.69, 9.17) is 0 Å². The number of carbonyl (C=O) groups is 1. The Kier molecular flexibility index (Phi) is 3.31. The second-order valence-electron chi connectivity index (χ2n) is 2.88. The largest absolute Gasteiger partial charge is 0.423 e. The molecule has 0 spiro atoms. The quantitative estimate of drug-likeness (QED) is 0.345. The van der Waals surface area contributed by atoms with Gasteiger partial charge in [-0.25, -0.2) is 0 Å². The van der Waals surface area contributed by atoms with E-state index in [2.05, 4.69) is 4.74 Å². The van der Waals surface area contributed by atoms with Gasteiger partial charge in [-0.2, -0.15) is 4.39 Å². The lowest BCUT2D eigenvalue weighted by Crippen LogP contribution is -2.05. The second kappa shape index (κ2) is 4.51. The topological polar surface area (TPSA) is 113 Å². The molecule has 0 saturated heterocycles. The third-order valence-electron chi connectivity index (χ3n) is 1.67. The molecule has 0 amide bonds. The van der Waals surface area contributed by atoms with Crippen LogP contribution in [0, 0.1) is 26.0 Å². The zero-order valence-corrected chi connectivity index (χ0v) is 8.38. The molecule has 0 bridgehead atoms. The van der Waals surface area contributed by atoms with Crippen LogP contribution >= 0.6 is 0 Å². The van der Waals surface area contributed by atoms with Gasteiger partial charge in [0.25, 0.3) is 5.69 Å². The normalized spacial score (nSPS) is 9.76. The highest BCUT2D eigenvalue weighted by molar-refractivity contribution is 5.70. The molecule has 0 atom stereocenters. The summed E-state index contributed by atoms with van der Waals surface area (Å²) in [4.78, 5) is 29.4. The molecule has 0 heterocycles. The zero-order valence-electron chi connectivity index (χ0n) is 8.38. The van der Waals surface area contributed by atoms with Gasteiger partial charge in [-0.3, -0.25) is 25.0 Å².